The molecule has 0 saturated heterocycles. The summed E-state index contributed by atoms with van der Waals surface area (Å²) in [7, 11) is 0. The zero-order chi connectivity index (χ0) is 16.5. The lowest BCUT2D eigenvalue weighted by Gasteiger charge is -2.16. The number of hydrogen-bond donors (Lipinski definition) is 2. The Morgan fingerprint density at radius 1 is 0.920 bits per heavy atom. The van der Waals surface area contributed by atoms with Crippen molar-refractivity contribution in [1.29, 1.82) is 0 Å². The van der Waals surface area contributed by atoms with Gasteiger partial charge < -0.3 is 4.98 Å². The van der Waals surface area contributed by atoms with Gasteiger partial charge in [0.15, 0.2) is 0 Å². The van der Waals surface area contributed by atoms with E-state index in [1.165, 1.54) is 55.1 Å². The zero-order valence-electron chi connectivity index (χ0n) is 13.8. The van der Waals surface area contributed by atoms with Gasteiger partial charge >= 0.3 is 0 Å². The van der Waals surface area contributed by atoms with Crippen LogP contribution in [0.15, 0.2) is 36.4 Å². The normalized spacial score (nSPS) is 16.0. The number of H-pyrrole nitrogens is 1. The topological polar surface area (TPSA) is 20.7 Å². The molecule has 0 unspecified atom stereocenters. The molecule has 2 aliphatic carbocycles. The van der Waals surface area contributed by atoms with Crippen molar-refractivity contribution in [3.8, 4) is 0 Å². The summed E-state index contributed by atoms with van der Waals surface area (Å²) in [5.41, 5.74) is 9.36. The summed E-state index contributed by atoms with van der Waals surface area (Å²) < 4.78 is 2.08. The van der Waals surface area contributed by atoms with Gasteiger partial charge in [0, 0.05) is 27.4 Å². The first-order valence-electron chi connectivity index (χ1n) is 8.99. The highest BCUT2D eigenvalue weighted by Gasteiger charge is 2.25. The molecule has 0 aliphatic heterocycles. The molecule has 3 heteroatoms. The van der Waals surface area contributed by atoms with E-state index in [1.807, 2.05) is 0 Å². The van der Waals surface area contributed by atoms with Crippen LogP contribution in [-0.4, -0.2) is 8.96 Å². The summed E-state index contributed by atoms with van der Waals surface area (Å²) in [5.74, 6) is 0. The van der Waals surface area contributed by atoms with Crippen LogP contribution >= 0.6 is 12.8 Å². The summed E-state index contributed by atoms with van der Waals surface area (Å²) in [6.07, 6.45) is 13.7. The van der Waals surface area contributed by atoms with Crippen molar-refractivity contribution < 1.29 is 0 Å². The predicted molar refractivity (Wildman–Crippen MR) is 110 cm³/mol. The maximum absolute atomic E-state index is 4.87. The van der Waals surface area contributed by atoms with Crippen LogP contribution in [0.4, 0.5) is 0 Å². The molecule has 0 atom stereocenters. The number of aromatic amines is 1. The number of aryl methyl sites for hydroxylation is 2. The average molecular weight is 342 g/mol. The quantitative estimate of drug-likeness (QED) is 0.372. The van der Waals surface area contributed by atoms with E-state index >= 15 is 0 Å². The Kier molecular flexibility index (Phi) is 2.67. The van der Waals surface area contributed by atoms with Gasteiger partial charge in [-0.05, 0) is 49.0 Å². The number of fused-ring (bicyclic) bond motifs is 10. The van der Waals surface area contributed by atoms with Crippen LogP contribution in [0.3, 0.4) is 0 Å². The van der Waals surface area contributed by atoms with E-state index in [0.717, 1.165) is 25.7 Å². The fourth-order valence-corrected chi connectivity index (χ4v) is 5.16. The van der Waals surface area contributed by atoms with Crippen LogP contribution in [0.5, 0.6) is 0 Å². The van der Waals surface area contributed by atoms with Gasteiger partial charge in [0.1, 0.15) is 0 Å². The van der Waals surface area contributed by atoms with E-state index in [4.69, 9.17) is 12.8 Å². The summed E-state index contributed by atoms with van der Waals surface area (Å²) >= 11 is 4.87. The smallest absolute Gasteiger partial charge is 0.0698 e. The van der Waals surface area contributed by atoms with Crippen molar-refractivity contribution in [3.63, 3.8) is 0 Å². The second kappa shape index (κ2) is 4.83. The Morgan fingerprint density at radius 3 is 2.64 bits per heavy atom. The lowest BCUT2D eigenvalue weighted by atomic mass is 9.88. The Morgan fingerprint density at radius 2 is 1.72 bits per heavy atom. The molecule has 2 aliphatic rings. The number of nitrogens with one attached hydrogen (secondary N) is 1. The molecule has 0 spiro atoms. The van der Waals surface area contributed by atoms with Gasteiger partial charge in [0.05, 0.1) is 16.6 Å². The summed E-state index contributed by atoms with van der Waals surface area (Å²) in [4.78, 5) is 3.76. The molecule has 4 aromatic rings. The molecule has 2 heterocycles. The van der Waals surface area contributed by atoms with Gasteiger partial charge in [-0.25, -0.2) is 0 Å². The fourth-order valence-electron chi connectivity index (χ4n) is 4.78. The van der Waals surface area contributed by atoms with Gasteiger partial charge in [-0.15, -0.1) is 0 Å². The lowest BCUT2D eigenvalue weighted by molar-refractivity contribution is 0.975. The molecule has 6 rings (SSSR count). The van der Waals surface area contributed by atoms with Gasteiger partial charge in [-0.1, -0.05) is 49.2 Å². The van der Waals surface area contributed by atoms with Gasteiger partial charge in [0.25, 0.3) is 0 Å². The molecule has 0 radical (unpaired) electrons. The minimum absolute atomic E-state index is 1.11. The lowest BCUT2D eigenvalue weighted by Crippen LogP contribution is -2.00. The van der Waals surface area contributed by atoms with Gasteiger partial charge in [-0.3, -0.25) is 3.97 Å². The van der Waals surface area contributed by atoms with Gasteiger partial charge in [0.2, 0.25) is 0 Å². The van der Waals surface area contributed by atoms with Crippen LogP contribution < -0.4 is 0 Å². The fraction of sp³-hybridized carbons (Fsp3) is 0.182. The first-order chi connectivity index (χ1) is 12.3. The number of thiol groups is 1. The average Bonchev–Trinajstić information content (AvgIpc) is 3.19. The molecule has 2 aromatic carbocycles. The molecule has 0 amide bonds. The first-order valence-corrected chi connectivity index (χ1v) is 9.39. The summed E-state index contributed by atoms with van der Waals surface area (Å²) in [6, 6.07) is 8.60. The molecule has 2 nitrogen and oxygen atoms in total. The number of nitrogens with zero attached hydrogens (tertiary/aromatic N) is 1. The SMILES string of the molecule is Sn1c2ccccc2c2c3[nH]c4c(c3c3c(c21)C=CCC3)CCC=C4. The summed E-state index contributed by atoms with van der Waals surface area (Å²) in [6.45, 7) is 0. The molecule has 122 valence electrons. The Labute approximate surface area is 151 Å². The molecular formula is C22H18N2S. The van der Waals surface area contributed by atoms with Crippen molar-refractivity contribution in [2.24, 2.45) is 0 Å². The summed E-state index contributed by atoms with van der Waals surface area (Å²) in [5, 5.41) is 4.06. The monoisotopic (exact) mass is 342 g/mol. The first kappa shape index (κ1) is 13.9. The van der Waals surface area contributed by atoms with E-state index in [0.29, 0.717) is 0 Å². The van der Waals surface area contributed by atoms with E-state index in [1.54, 1.807) is 0 Å². The number of benzene rings is 2. The zero-order valence-corrected chi connectivity index (χ0v) is 14.7. The highest BCUT2D eigenvalue weighted by Crippen LogP contribution is 2.44. The minimum Gasteiger partial charge on any atom is -0.354 e. The largest absolute Gasteiger partial charge is 0.354 e. The van der Waals surface area contributed by atoms with Crippen LogP contribution in [-0.2, 0) is 12.8 Å². The highest BCUT2D eigenvalue weighted by molar-refractivity contribution is 7.79. The highest BCUT2D eigenvalue weighted by atomic mass is 32.1. The van der Waals surface area contributed by atoms with E-state index < -0.39 is 0 Å². The number of allylic oxidation sites excluding steroid dienone is 2. The number of rotatable bonds is 0. The number of hydrogen-bond acceptors (Lipinski definition) is 1. The van der Waals surface area contributed by atoms with Crippen molar-refractivity contribution in [2.75, 3.05) is 0 Å². The molecule has 0 bridgehead atoms. The molecular weight excluding hydrogens is 324 g/mol. The van der Waals surface area contributed by atoms with Crippen molar-refractivity contribution >= 4 is 57.7 Å². The Balaban J connectivity index is 1.97. The van der Waals surface area contributed by atoms with Crippen LogP contribution in [0, 0.1) is 0 Å². The molecule has 0 fully saturated rings. The van der Waals surface area contributed by atoms with Crippen LogP contribution in [0.1, 0.15) is 35.2 Å². The maximum atomic E-state index is 4.87. The minimum atomic E-state index is 1.11. The second-order valence-electron chi connectivity index (χ2n) is 7.09. The molecule has 1 N–H and O–H groups in total. The molecule has 25 heavy (non-hydrogen) atoms. The Bertz CT molecular complexity index is 1250. The van der Waals surface area contributed by atoms with Crippen LogP contribution in [0.25, 0.3) is 44.9 Å². The Hall–Kier alpha value is -2.39. The van der Waals surface area contributed by atoms with E-state index in [-0.39, 0.29) is 0 Å². The predicted octanol–water partition coefficient (Wildman–Crippen LogP) is 5.89. The third-order valence-electron chi connectivity index (χ3n) is 5.81. The van der Waals surface area contributed by atoms with Crippen molar-refractivity contribution in [3.05, 3.63) is 58.8 Å². The van der Waals surface area contributed by atoms with E-state index in [2.05, 4.69) is 57.5 Å². The number of aromatic nitrogens is 2. The van der Waals surface area contributed by atoms with Crippen molar-refractivity contribution in [2.45, 2.75) is 25.7 Å². The third kappa shape index (κ3) is 1.67. The van der Waals surface area contributed by atoms with E-state index in [9.17, 15) is 0 Å². The molecule has 2 aromatic heterocycles. The van der Waals surface area contributed by atoms with Gasteiger partial charge in [-0.2, -0.15) is 0 Å². The second-order valence-corrected chi connectivity index (χ2v) is 7.49. The third-order valence-corrected chi connectivity index (χ3v) is 6.23. The van der Waals surface area contributed by atoms with Crippen molar-refractivity contribution in [1.82, 2.24) is 8.96 Å². The van der Waals surface area contributed by atoms with Crippen LogP contribution in [0.2, 0.25) is 0 Å². The standard InChI is InChI=1S/C22H18N2S/c25-24-18-12-6-4-10-16(18)20-21-19(15-9-3-5-11-17(15)23-21)13-7-1-2-8-14(13)22(20)24/h2,4-6,8,10-12,23,25H,1,3,7,9H2. The molecule has 0 saturated carbocycles. The number of para-hydroxylation sites is 1. The maximum Gasteiger partial charge on any atom is 0.0698 e.